The van der Waals surface area contributed by atoms with Crippen molar-refractivity contribution in [1.29, 1.82) is 0 Å². The molecule has 0 fully saturated rings. The average molecular weight is 338 g/mol. The van der Waals surface area contributed by atoms with Crippen LogP contribution in [0.1, 0.15) is 40.7 Å². The molecule has 0 bridgehead atoms. The first-order chi connectivity index (χ1) is 10.6. The van der Waals surface area contributed by atoms with Gasteiger partial charge in [-0.2, -0.15) is 0 Å². The summed E-state index contributed by atoms with van der Waals surface area (Å²) in [6, 6.07) is 0. The SMILES string of the molecule is CCc1ncc(CN(C)Cn2c3c(sc2=O)CC(C)CC3)s1. The Labute approximate surface area is 139 Å². The molecule has 4 nitrogen and oxygen atoms in total. The molecule has 2 aromatic heterocycles. The van der Waals surface area contributed by atoms with Gasteiger partial charge in [0.25, 0.3) is 0 Å². The van der Waals surface area contributed by atoms with Crippen LogP contribution in [0.4, 0.5) is 0 Å². The fourth-order valence-electron chi connectivity index (χ4n) is 3.00. The molecule has 6 heteroatoms. The van der Waals surface area contributed by atoms with Gasteiger partial charge in [0.2, 0.25) is 0 Å². The van der Waals surface area contributed by atoms with Crippen LogP contribution < -0.4 is 4.87 Å². The molecule has 0 radical (unpaired) electrons. The monoisotopic (exact) mass is 337 g/mol. The van der Waals surface area contributed by atoms with Crippen LogP contribution in [-0.2, 0) is 32.5 Å². The van der Waals surface area contributed by atoms with E-state index in [1.165, 1.54) is 38.2 Å². The molecule has 3 rings (SSSR count). The van der Waals surface area contributed by atoms with Crippen molar-refractivity contribution in [3.63, 3.8) is 0 Å². The zero-order chi connectivity index (χ0) is 15.7. The fraction of sp³-hybridized carbons (Fsp3) is 0.625. The van der Waals surface area contributed by atoms with Crippen molar-refractivity contribution in [3.05, 3.63) is 36.3 Å². The van der Waals surface area contributed by atoms with Crippen LogP contribution in [0.2, 0.25) is 0 Å². The van der Waals surface area contributed by atoms with E-state index in [-0.39, 0.29) is 4.87 Å². The summed E-state index contributed by atoms with van der Waals surface area (Å²) in [7, 11) is 2.08. The van der Waals surface area contributed by atoms with Gasteiger partial charge in [0.05, 0.1) is 11.7 Å². The van der Waals surface area contributed by atoms with Crippen LogP contribution in [0, 0.1) is 5.92 Å². The third kappa shape index (κ3) is 3.34. The lowest BCUT2D eigenvalue weighted by Gasteiger charge is -2.22. The van der Waals surface area contributed by atoms with Crippen LogP contribution in [0.5, 0.6) is 0 Å². The van der Waals surface area contributed by atoms with Crippen LogP contribution in [0.15, 0.2) is 11.0 Å². The Bertz CT molecular complexity index is 701. The van der Waals surface area contributed by atoms with Gasteiger partial charge < -0.3 is 0 Å². The quantitative estimate of drug-likeness (QED) is 0.841. The number of hydrogen-bond acceptors (Lipinski definition) is 5. The van der Waals surface area contributed by atoms with Crippen molar-refractivity contribution in [2.75, 3.05) is 7.05 Å². The molecular formula is C16H23N3OS2. The molecule has 1 atom stereocenters. The summed E-state index contributed by atoms with van der Waals surface area (Å²) in [5, 5.41) is 1.18. The van der Waals surface area contributed by atoms with Crippen LogP contribution >= 0.6 is 22.7 Å². The third-order valence-corrected chi connectivity index (χ3v) is 6.37. The first kappa shape index (κ1) is 15.9. The minimum Gasteiger partial charge on any atom is -0.289 e. The predicted molar refractivity (Wildman–Crippen MR) is 92.7 cm³/mol. The van der Waals surface area contributed by atoms with Gasteiger partial charge >= 0.3 is 4.87 Å². The van der Waals surface area contributed by atoms with Crippen molar-refractivity contribution in [2.45, 2.75) is 52.7 Å². The highest BCUT2D eigenvalue weighted by molar-refractivity contribution is 7.11. The summed E-state index contributed by atoms with van der Waals surface area (Å²) in [5.41, 5.74) is 1.28. The molecule has 1 unspecified atom stereocenters. The van der Waals surface area contributed by atoms with Gasteiger partial charge in [0, 0.05) is 28.2 Å². The first-order valence-corrected chi connectivity index (χ1v) is 9.53. The molecule has 2 aromatic rings. The number of hydrogen-bond donors (Lipinski definition) is 0. The summed E-state index contributed by atoms with van der Waals surface area (Å²) in [6.45, 7) is 5.94. The van der Waals surface area contributed by atoms with E-state index in [0.717, 1.165) is 25.8 Å². The molecule has 1 aliphatic carbocycles. The molecule has 22 heavy (non-hydrogen) atoms. The van der Waals surface area contributed by atoms with E-state index >= 15 is 0 Å². The molecule has 0 aromatic carbocycles. The number of fused-ring (bicyclic) bond motifs is 1. The van der Waals surface area contributed by atoms with Crippen molar-refractivity contribution < 1.29 is 0 Å². The van der Waals surface area contributed by atoms with Crippen LogP contribution in [0.3, 0.4) is 0 Å². The van der Waals surface area contributed by atoms with E-state index in [1.54, 1.807) is 11.3 Å². The minimum absolute atomic E-state index is 0.199. The number of nitrogens with zero attached hydrogens (tertiary/aromatic N) is 3. The van der Waals surface area contributed by atoms with E-state index in [2.05, 4.69) is 30.8 Å². The van der Waals surface area contributed by atoms with E-state index in [4.69, 9.17) is 0 Å². The molecule has 2 heterocycles. The third-order valence-electron chi connectivity index (χ3n) is 4.20. The molecule has 0 saturated carbocycles. The molecule has 0 N–H and O–H groups in total. The standard InChI is InChI=1S/C16H23N3OS2/c1-4-15-17-8-12(21-15)9-18(3)10-19-13-6-5-11(2)7-14(13)22-16(19)20/h8,11H,4-7,9-10H2,1-3H3. The summed E-state index contributed by atoms with van der Waals surface area (Å²) in [5.74, 6) is 0.710. The maximum absolute atomic E-state index is 12.3. The van der Waals surface area contributed by atoms with Gasteiger partial charge in [-0.15, -0.1) is 11.3 Å². The van der Waals surface area contributed by atoms with Gasteiger partial charge in [-0.05, 0) is 38.6 Å². The van der Waals surface area contributed by atoms with Crippen molar-refractivity contribution >= 4 is 22.7 Å². The molecular weight excluding hydrogens is 314 g/mol. The second kappa shape index (κ2) is 6.64. The van der Waals surface area contributed by atoms with Crippen molar-refractivity contribution in [1.82, 2.24) is 14.5 Å². The highest BCUT2D eigenvalue weighted by Gasteiger charge is 2.22. The maximum atomic E-state index is 12.3. The summed E-state index contributed by atoms with van der Waals surface area (Å²) in [4.78, 5) is 21.7. The second-order valence-electron chi connectivity index (χ2n) is 6.24. The Morgan fingerprint density at radius 1 is 1.45 bits per heavy atom. The number of aryl methyl sites for hydroxylation is 1. The van der Waals surface area contributed by atoms with Gasteiger partial charge in [0.15, 0.2) is 0 Å². The lowest BCUT2D eigenvalue weighted by Crippen LogP contribution is -2.28. The smallest absolute Gasteiger partial charge is 0.289 e. The maximum Gasteiger partial charge on any atom is 0.308 e. The second-order valence-corrected chi connectivity index (χ2v) is 8.49. The molecule has 0 aliphatic heterocycles. The van der Waals surface area contributed by atoms with E-state index in [0.29, 0.717) is 12.6 Å². The van der Waals surface area contributed by atoms with Crippen molar-refractivity contribution in [3.8, 4) is 0 Å². The number of rotatable bonds is 5. The predicted octanol–water partition coefficient (Wildman–Crippen LogP) is 3.14. The van der Waals surface area contributed by atoms with Gasteiger partial charge in [0.1, 0.15) is 0 Å². The van der Waals surface area contributed by atoms with Crippen molar-refractivity contribution in [2.24, 2.45) is 5.92 Å². The molecule has 0 spiro atoms. The Kier molecular flexibility index (Phi) is 4.80. The van der Waals surface area contributed by atoms with Crippen LogP contribution in [0.25, 0.3) is 0 Å². The van der Waals surface area contributed by atoms with E-state index in [1.807, 2.05) is 10.8 Å². The highest BCUT2D eigenvalue weighted by Crippen LogP contribution is 2.27. The first-order valence-electron chi connectivity index (χ1n) is 7.90. The van der Waals surface area contributed by atoms with E-state index in [9.17, 15) is 4.79 Å². The average Bonchev–Trinajstić information content (AvgIpc) is 3.04. The fourth-order valence-corrected chi connectivity index (χ4v) is 5.13. The Morgan fingerprint density at radius 2 is 2.27 bits per heavy atom. The summed E-state index contributed by atoms with van der Waals surface area (Å²) >= 11 is 3.22. The normalized spacial score (nSPS) is 17.9. The molecule has 120 valence electrons. The van der Waals surface area contributed by atoms with E-state index < -0.39 is 0 Å². The molecule has 0 amide bonds. The van der Waals surface area contributed by atoms with Gasteiger partial charge in [-0.1, -0.05) is 25.2 Å². The lowest BCUT2D eigenvalue weighted by molar-refractivity contribution is 0.254. The number of aromatic nitrogens is 2. The lowest BCUT2D eigenvalue weighted by atomic mass is 9.93. The van der Waals surface area contributed by atoms with Gasteiger partial charge in [-0.3, -0.25) is 14.3 Å². The highest BCUT2D eigenvalue weighted by atomic mass is 32.1. The minimum atomic E-state index is 0.199. The summed E-state index contributed by atoms with van der Waals surface area (Å²) in [6.07, 6.45) is 6.27. The Balaban J connectivity index is 1.71. The summed E-state index contributed by atoms with van der Waals surface area (Å²) < 4.78 is 1.98. The Hall–Kier alpha value is -0.980. The number of thiazole rings is 2. The largest absolute Gasteiger partial charge is 0.308 e. The zero-order valence-corrected chi connectivity index (χ0v) is 15.1. The van der Waals surface area contributed by atoms with Gasteiger partial charge in [-0.25, -0.2) is 4.98 Å². The van der Waals surface area contributed by atoms with Crippen LogP contribution in [-0.4, -0.2) is 21.5 Å². The topological polar surface area (TPSA) is 38.1 Å². The molecule has 1 aliphatic rings. The molecule has 0 saturated heterocycles. The Morgan fingerprint density at radius 3 is 3.00 bits per heavy atom. The zero-order valence-electron chi connectivity index (χ0n) is 13.5.